The van der Waals surface area contributed by atoms with Gasteiger partial charge in [0.2, 0.25) is 8.32 Å². The van der Waals surface area contributed by atoms with E-state index in [1.54, 1.807) is 0 Å². The summed E-state index contributed by atoms with van der Waals surface area (Å²) in [4.78, 5) is 0. The van der Waals surface area contributed by atoms with Crippen molar-refractivity contribution < 1.29 is 4.43 Å². The summed E-state index contributed by atoms with van der Waals surface area (Å²) < 4.78 is 6.63. The van der Waals surface area contributed by atoms with Crippen LogP contribution in [0.2, 0.25) is 10.1 Å². The SMILES string of the molecule is CCCO[Si](c1ccccc1)(C(C)(C)C)C(C)(C)C. The van der Waals surface area contributed by atoms with Crippen LogP contribution in [0, 0.1) is 0 Å². The zero-order valence-electron chi connectivity index (χ0n) is 13.7. The lowest BCUT2D eigenvalue weighted by molar-refractivity contribution is 0.267. The van der Waals surface area contributed by atoms with Gasteiger partial charge in [-0.2, -0.15) is 0 Å². The molecule has 0 fully saturated rings. The Morgan fingerprint density at radius 2 is 1.37 bits per heavy atom. The molecule has 0 saturated heterocycles. The van der Waals surface area contributed by atoms with E-state index in [1.165, 1.54) is 5.19 Å². The molecule has 108 valence electrons. The monoisotopic (exact) mass is 278 g/mol. The second-order valence-electron chi connectivity index (χ2n) is 7.40. The molecule has 0 bridgehead atoms. The maximum absolute atomic E-state index is 6.63. The van der Waals surface area contributed by atoms with Crippen molar-refractivity contribution in [3.63, 3.8) is 0 Å². The second-order valence-corrected chi connectivity index (χ2v) is 12.6. The molecule has 0 aliphatic heterocycles. The van der Waals surface area contributed by atoms with E-state index >= 15 is 0 Å². The van der Waals surface area contributed by atoms with E-state index in [4.69, 9.17) is 4.43 Å². The molecule has 0 radical (unpaired) electrons. The molecule has 0 saturated carbocycles. The molecule has 0 N–H and O–H groups in total. The molecule has 0 aliphatic rings. The predicted octanol–water partition coefficient (Wildman–Crippen LogP) is 4.87. The van der Waals surface area contributed by atoms with Crippen molar-refractivity contribution in [3.05, 3.63) is 30.3 Å². The van der Waals surface area contributed by atoms with Gasteiger partial charge in [0.15, 0.2) is 0 Å². The lowest BCUT2D eigenvalue weighted by Crippen LogP contribution is -2.63. The van der Waals surface area contributed by atoms with Gasteiger partial charge >= 0.3 is 0 Å². The molecule has 0 aromatic heterocycles. The van der Waals surface area contributed by atoms with E-state index in [2.05, 4.69) is 78.8 Å². The maximum atomic E-state index is 6.63. The molecule has 2 heteroatoms. The Labute approximate surface area is 120 Å². The number of hydrogen-bond donors (Lipinski definition) is 0. The van der Waals surface area contributed by atoms with Crippen molar-refractivity contribution in [3.8, 4) is 0 Å². The van der Waals surface area contributed by atoms with Gasteiger partial charge in [-0.15, -0.1) is 0 Å². The minimum atomic E-state index is -2.10. The van der Waals surface area contributed by atoms with Gasteiger partial charge in [0, 0.05) is 6.61 Å². The Balaban J connectivity index is 3.45. The predicted molar refractivity (Wildman–Crippen MR) is 87.5 cm³/mol. The summed E-state index contributed by atoms with van der Waals surface area (Å²) in [5.74, 6) is 0. The van der Waals surface area contributed by atoms with Crippen molar-refractivity contribution in [2.24, 2.45) is 0 Å². The van der Waals surface area contributed by atoms with Gasteiger partial charge in [-0.3, -0.25) is 0 Å². The molecule has 0 unspecified atom stereocenters. The molecule has 1 aromatic rings. The number of benzene rings is 1. The van der Waals surface area contributed by atoms with Crippen LogP contribution in [-0.4, -0.2) is 14.9 Å². The molecule has 0 atom stereocenters. The molecule has 0 spiro atoms. The zero-order valence-corrected chi connectivity index (χ0v) is 14.7. The first-order chi connectivity index (χ1) is 8.67. The van der Waals surface area contributed by atoms with Crippen LogP contribution in [0.3, 0.4) is 0 Å². The third-order valence-electron chi connectivity index (χ3n) is 3.82. The number of hydrogen-bond acceptors (Lipinski definition) is 1. The molecule has 19 heavy (non-hydrogen) atoms. The van der Waals surface area contributed by atoms with Gasteiger partial charge in [0.25, 0.3) is 0 Å². The van der Waals surface area contributed by atoms with Gasteiger partial charge in [-0.25, -0.2) is 0 Å². The highest BCUT2D eigenvalue weighted by Crippen LogP contribution is 2.51. The summed E-state index contributed by atoms with van der Waals surface area (Å²) >= 11 is 0. The summed E-state index contributed by atoms with van der Waals surface area (Å²) in [7, 11) is -2.10. The highest BCUT2D eigenvalue weighted by atomic mass is 28.4. The van der Waals surface area contributed by atoms with Crippen LogP contribution in [-0.2, 0) is 4.43 Å². The van der Waals surface area contributed by atoms with Crippen molar-refractivity contribution in [2.45, 2.75) is 65.0 Å². The molecular formula is C17H30OSi. The topological polar surface area (TPSA) is 9.23 Å². The van der Waals surface area contributed by atoms with E-state index < -0.39 is 8.32 Å². The van der Waals surface area contributed by atoms with Gasteiger partial charge in [0.1, 0.15) is 0 Å². The van der Waals surface area contributed by atoms with E-state index in [1.807, 2.05) is 0 Å². The summed E-state index contributed by atoms with van der Waals surface area (Å²) in [5.41, 5.74) is 0. The quantitative estimate of drug-likeness (QED) is 0.714. The first-order valence-corrected chi connectivity index (χ1v) is 9.27. The Bertz CT molecular complexity index is 370. The zero-order chi connectivity index (χ0) is 14.7. The lowest BCUT2D eigenvalue weighted by Gasteiger charge is -2.51. The average Bonchev–Trinajstić information content (AvgIpc) is 2.27. The fourth-order valence-corrected chi connectivity index (χ4v) is 9.62. The van der Waals surface area contributed by atoms with E-state index in [9.17, 15) is 0 Å². The maximum Gasteiger partial charge on any atom is 0.234 e. The summed E-state index contributed by atoms with van der Waals surface area (Å²) in [6.07, 6.45) is 1.08. The second kappa shape index (κ2) is 5.80. The first kappa shape index (κ1) is 16.5. The van der Waals surface area contributed by atoms with Crippen LogP contribution in [0.15, 0.2) is 30.3 Å². The van der Waals surface area contributed by atoms with E-state index in [0.29, 0.717) is 0 Å². The smallest absolute Gasteiger partial charge is 0.234 e. The highest BCUT2D eigenvalue weighted by molar-refractivity contribution is 6.91. The molecular weight excluding hydrogens is 248 g/mol. The molecule has 0 aliphatic carbocycles. The molecule has 0 heterocycles. The number of rotatable bonds is 4. The molecule has 1 aromatic carbocycles. The molecule has 1 rings (SSSR count). The largest absolute Gasteiger partial charge is 0.411 e. The Kier molecular flexibility index (Phi) is 5.02. The van der Waals surface area contributed by atoms with Crippen molar-refractivity contribution in [2.75, 3.05) is 6.61 Å². The fourth-order valence-electron chi connectivity index (χ4n) is 3.44. The molecule has 0 amide bonds. The van der Waals surface area contributed by atoms with E-state index in [0.717, 1.165) is 13.0 Å². The minimum absolute atomic E-state index is 0.168. The van der Waals surface area contributed by atoms with Gasteiger partial charge < -0.3 is 4.43 Å². The van der Waals surface area contributed by atoms with Crippen LogP contribution in [0.25, 0.3) is 0 Å². The van der Waals surface area contributed by atoms with Gasteiger partial charge in [0.05, 0.1) is 0 Å². The molecule has 1 nitrogen and oxygen atoms in total. The third kappa shape index (κ3) is 3.11. The first-order valence-electron chi connectivity index (χ1n) is 7.36. The van der Waals surface area contributed by atoms with Crippen LogP contribution in [0.1, 0.15) is 54.9 Å². The third-order valence-corrected chi connectivity index (χ3v) is 9.82. The van der Waals surface area contributed by atoms with Crippen LogP contribution < -0.4 is 5.19 Å². The Morgan fingerprint density at radius 1 is 0.895 bits per heavy atom. The van der Waals surface area contributed by atoms with Crippen LogP contribution in [0.4, 0.5) is 0 Å². The summed E-state index contributed by atoms with van der Waals surface area (Å²) in [6, 6.07) is 10.9. The Hall–Kier alpha value is -0.603. The standard InChI is InChI=1S/C17H30OSi/c1-8-14-18-19(16(2,3)4,17(5,6)7)15-12-10-9-11-13-15/h9-13H,8,14H2,1-7H3. The minimum Gasteiger partial charge on any atom is -0.411 e. The normalized spacial score (nSPS) is 13.6. The highest BCUT2D eigenvalue weighted by Gasteiger charge is 2.56. The van der Waals surface area contributed by atoms with Crippen molar-refractivity contribution in [1.82, 2.24) is 0 Å². The van der Waals surface area contributed by atoms with Gasteiger partial charge in [-0.1, -0.05) is 78.8 Å². The average molecular weight is 279 g/mol. The van der Waals surface area contributed by atoms with Crippen LogP contribution >= 0.6 is 0 Å². The van der Waals surface area contributed by atoms with Crippen molar-refractivity contribution >= 4 is 13.5 Å². The summed E-state index contributed by atoms with van der Waals surface area (Å²) in [6.45, 7) is 17.1. The lowest BCUT2D eigenvalue weighted by atomic mass is 10.2. The van der Waals surface area contributed by atoms with Crippen molar-refractivity contribution in [1.29, 1.82) is 0 Å². The fraction of sp³-hybridized carbons (Fsp3) is 0.647. The van der Waals surface area contributed by atoms with E-state index in [-0.39, 0.29) is 10.1 Å². The Morgan fingerprint density at radius 3 is 1.74 bits per heavy atom. The summed E-state index contributed by atoms with van der Waals surface area (Å²) in [5, 5.41) is 1.76. The van der Waals surface area contributed by atoms with Gasteiger partial charge in [-0.05, 0) is 21.7 Å². The van der Waals surface area contributed by atoms with Crippen LogP contribution in [0.5, 0.6) is 0 Å².